The van der Waals surface area contributed by atoms with E-state index in [0.29, 0.717) is 11.5 Å². The van der Waals surface area contributed by atoms with E-state index in [4.69, 9.17) is 15.7 Å². The normalized spacial score (nSPS) is 15.7. The van der Waals surface area contributed by atoms with Gasteiger partial charge < -0.3 is 15.0 Å². The van der Waals surface area contributed by atoms with Crippen LogP contribution in [0.2, 0.25) is 0 Å². The molecule has 1 aromatic heterocycles. The van der Waals surface area contributed by atoms with Gasteiger partial charge in [0.05, 0.1) is 30.4 Å². The number of anilines is 1. The second-order valence-corrected chi connectivity index (χ2v) is 4.47. The summed E-state index contributed by atoms with van der Waals surface area (Å²) in [6.45, 7) is 2.47. The average molecular weight is 227 g/mol. The molecular weight excluding hydrogens is 214 g/mol. The molecule has 1 aromatic carbocycles. The van der Waals surface area contributed by atoms with Crippen LogP contribution in [0.25, 0.3) is 10.9 Å². The van der Waals surface area contributed by atoms with Crippen molar-refractivity contribution in [3.05, 3.63) is 29.8 Å². The molecule has 0 radical (unpaired) electrons. The predicted octanol–water partition coefficient (Wildman–Crippen LogP) is 1.74. The Kier molecular flexibility index (Phi) is 2.27. The number of hydrogen-bond acceptors (Lipinski definition) is 3. The van der Waals surface area contributed by atoms with E-state index in [0.717, 1.165) is 36.5 Å². The van der Waals surface area contributed by atoms with Gasteiger partial charge in [0, 0.05) is 17.8 Å². The minimum Gasteiger partial charge on any atom is -0.385 e. The first-order valence-corrected chi connectivity index (χ1v) is 5.64. The molecule has 0 bridgehead atoms. The molecule has 2 heterocycles. The Labute approximate surface area is 99.2 Å². The number of aromatic nitrogens is 1. The molecule has 4 nitrogen and oxygen atoms in total. The fourth-order valence-electron chi connectivity index (χ4n) is 2.20. The van der Waals surface area contributed by atoms with E-state index in [1.807, 2.05) is 24.3 Å². The van der Waals surface area contributed by atoms with Crippen LogP contribution < -0.4 is 5.73 Å². The van der Waals surface area contributed by atoms with Crippen molar-refractivity contribution >= 4 is 16.7 Å². The Balaban J connectivity index is 2.07. The summed E-state index contributed by atoms with van der Waals surface area (Å²) >= 11 is 0. The Morgan fingerprint density at radius 1 is 1.41 bits per heavy atom. The summed E-state index contributed by atoms with van der Waals surface area (Å²) in [4.78, 5) is 0. The van der Waals surface area contributed by atoms with E-state index in [9.17, 15) is 0 Å². The van der Waals surface area contributed by atoms with Gasteiger partial charge in [0.1, 0.15) is 5.82 Å². The molecule has 86 valence electrons. The fraction of sp³-hybridized carbons (Fsp3) is 0.308. The van der Waals surface area contributed by atoms with Crippen molar-refractivity contribution in [2.75, 3.05) is 18.9 Å². The van der Waals surface area contributed by atoms with Gasteiger partial charge in [-0.3, -0.25) is 0 Å². The van der Waals surface area contributed by atoms with Crippen molar-refractivity contribution in [3.8, 4) is 6.07 Å². The van der Waals surface area contributed by atoms with Gasteiger partial charge in [-0.2, -0.15) is 5.26 Å². The predicted molar refractivity (Wildman–Crippen MR) is 65.4 cm³/mol. The highest BCUT2D eigenvalue weighted by Crippen LogP contribution is 2.25. The van der Waals surface area contributed by atoms with Gasteiger partial charge in [-0.05, 0) is 18.2 Å². The average Bonchev–Trinajstić information content (AvgIpc) is 2.58. The summed E-state index contributed by atoms with van der Waals surface area (Å²) in [5.41, 5.74) is 7.72. The number of nitrogens with two attached hydrogens (primary N) is 1. The fourth-order valence-corrected chi connectivity index (χ4v) is 2.20. The first-order chi connectivity index (χ1) is 8.28. The molecule has 3 rings (SSSR count). The molecule has 2 N–H and O–H groups in total. The maximum absolute atomic E-state index is 8.92. The van der Waals surface area contributed by atoms with E-state index in [-0.39, 0.29) is 0 Å². The summed E-state index contributed by atoms with van der Waals surface area (Å²) < 4.78 is 7.25. The molecule has 2 aromatic rings. The second kappa shape index (κ2) is 3.79. The van der Waals surface area contributed by atoms with Crippen LogP contribution in [0.3, 0.4) is 0 Å². The summed E-state index contributed by atoms with van der Waals surface area (Å²) in [6, 6.07) is 9.77. The lowest BCUT2D eigenvalue weighted by molar-refractivity contribution is -0.0386. The van der Waals surface area contributed by atoms with Gasteiger partial charge in [-0.25, -0.2) is 0 Å². The molecule has 0 atom stereocenters. The van der Waals surface area contributed by atoms with Crippen molar-refractivity contribution in [2.24, 2.45) is 5.92 Å². The van der Waals surface area contributed by atoms with E-state index in [1.54, 1.807) is 0 Å². The number of ether oxygens (including phenoxy) is 1. The largest absolute Gasteiger partial charge is 0.385 e. The zero-order valence-corrected chi connectivity index (χ0v) is 9.39. The Morgan fingerprint density at radius 3 is 2.88 bits per heavy atom. The Hall–Kier alpha value is -1.99. The lowest BCUT2D eigenvalue weighted by atomic mass is 10.1. The molecule has 0 aliphatic carbocycles. The maximum atomic E-state index is 8.92. The lowest BCUT2D eigenvalue weighted by Crippen LogP contribution is -2.31. The highest BCUT2D eigenvalue weighted by molar-refractivity contribution is 5.85. The van der Waals surface area contributed by atoms with Crippen LogP contribution in [-0.4, -0.2) is 17.8 Å². The van der Waals surface area contributed by atoms with Crippen LogP contribution in [0.1, 0.15) is 5.56 Å². The molecule has 4 heteroatoms. The smallest absolute Gasteiger partial charge is 0.104 e. The molecule has 0 amide bonds. The van der Waals surface area contributed by atoms with Crippen LogP contribution in [0, 0.1) is 17.2 Å². The molecular formula is C13H13N3O. The van der Waals surface area contributed by atoms with Gasteiger partial charge in [0.2, 0.25) is 0 Å². The number of nitriles is 1. The van der Waals surface area contributed by atoms with Gasteiger partial charge in [-0.15, -0.1) is 0 Å². The molecule has 0 unspecified atom stereocenters. The second-order valence-electron chi connectivity index (χ2n) is 4.47. The first kappa shape index (κ1) is 10.2. The van der Waals surface area contributed by atoms with Gasteiger partial charge in [0.15, 0.2) is 0 Å². The number of nitrogens with zero attached hydrogens (tertiary/aromatic N) is 2. The molecule has 17 heavy (non-hydrogen) atoms. The van der Waals surface area contributed by atoms with Crippen LogP contribution in [0.15, 0.2) is 24.3 Å². The van der Waals surface area contributed by atoms with Gasteiger partial charge in [0.25, 0.3) is 0 Å². The third-order valence-corrected chi connectivity index (χ3v) is 3.21. The van der Waals surface area contributed by atoms with Crippen LogP contribution in [0.5, 0.6) is 0 Å². The zero-order valence-electron chi connectivity index (χ0n) is 9.39. The highest BCUT2D eigenvalue weighted by atomic mass is 16.5. The third-order valence-electron chi connectivity index (χ3n) is 3.21. The Morgan fingerprint density at radius 2 is 2.24 bits per heavy atom. The molecule has 1 aliphatic rings. The van der Waals surface area contributed by atoms with Crippen LogP contribution >= 0.6 is 0 Å². The quantitative estimate of drug-likeness (QED) is 0.849. The number of nitrogen functional groups attached to an aromatic ring is 1. The highest BCUT2D eigenvalue weighted by Gasteiger charge is 2.20. The van der Waals surface area contributed by atoms with Crippen LogP contribution in [0.4, 0.5) is 5.82 Å². The standard InChI is InChI=1S/C13H13N3O/c14-5-9-1-2-11-4-13(15)16(12(11)3-9)6-10-7-17-8-10/h1-4,10H,6-8,15H2. The number of rotatable bonds is 2. The van der Waals surface area contributed by atoms with Gasteiger partial charge in [-0.1, -0.05) is 6.07 Å². The molecule has 1 aliphatic heterocycles. The molecule has 0 saturated carbocycles. The Bertz CT molecular complexity index is 605. The van der Waals surface area contributed by atoms with Crippen molar-refractivity contribution < 1.29 is 4.74 Å². The maximum Gasteiger partial charge on any atom is 0.104 e. The van der Waals surface area contributed by atoms with Crippen molar-refractivity contribution in [1.29, 1.82) is 5.26 Å². The minimum atomic E-state index is 0.540. The van der Waals surface area contributed by atoms with E-state index in [1.165, 1.54) is 0 Å². The summed E-state index contributed by atoms with van der Waals surface area (Å²) in [5, 5.41) is 10.0. The minimum absolute atomic E-state index is 0.540. The summed E-state index contributed by atoms with van der Waals surface area (Å²) in [7, 11) is 0. The first-order valence-electron chi connectivity index (χ1n) is 5.64. The molecule has 1 saturated heterocycles. The lowest BCUT2D eigenvalue weighted by Gasteiger charge is -2.27. The van der Waals surface area contributed by atoms with E-state index in [2.05, 4.69) is 10.6 Å². The van der Waals surface area contributed by atoms with Crippen molar-refractivity contribution in [3.63, 3.8) is 0 Å². The SMILES string of the molecule is N#Cc1ccc2cc(N)n(CC3COC3)c2c1. The summed E-state index contributed by atoms with van der Waals surface area (Å²) in [5.74, 6) is 1.29. The van der Waals surface area contributed by atoms with Crippen molar-refractivity contribution in [2.45, 2.75) is 6.54 Å². The topological polar surface area (TPSA) is 64.0 Å². The number of fused-ring (bicyclic) bond motifs is 1. The number of hydrogen-bond donors (Lipinski definition) is 1. The monoisotopic (exact) mass is 227 g/mol. The number of benzene rings is 1. The van der Waals surface area contributed by atoms with Crippen molar-refractivity contribution in [1.82, 2.24) is 4.57 Å². The zero-order chi connectivity index (χ0) is 11.8. The van der Waals surface area contributed by atoms with E-state index >= 15 is 0 Å². The molecule has 1 fully saturated rings. The van der Waals surface area contributed by atoms with Crippen LogP contribution in [-0.2, 0) is 11.3 Å². The third kappa shape index (κ3) is 1.65. The molecule has 0 spiro atoms. The summed E-state index contributed by atoms with van der Waals surface area (Å²) in [6.07, 6.45) is 0. The van der Waals surface area contributed by atoms with E-state index < -0.39 is 0 Å². The van der Waals surface area contributed by atoms with Gasteiger partial charge >= 0.3 is 0 Å².